The van der Waals surface area contributed by atoms with Crippen molar-refractivity contribution in [2.24, 2.45) is 0 Å². The number of hydrogen-bond acceptors (Lipinski definition) is 4. The summed E-state index contributed by atoms with van der Waals surface area (Å²) in [7, 11) is -3.48. The topological polar surface area (TPSA) is 75.7 Å². The Balaban J connectivity index is 1.53. The number of carbonyl (C=O) groups is 1. The molecule has 1 amide bonds. The van der Waals surface area contributed by atoms with E-state index in [1.165, 1.54) is 9.87 Å². The minimum absolute atomic E-state index is 0.0520. The third kappa shape index (κ3) is 5.47. The third-order valence-electron chi connectivity index (χ3n) is 5.24. The van der Waals surface area contributed by atoms with Gasteiger partial charge in [-0.3, -0.25) is 4.79 Å². The second-order valence-electron chi connectivity index (χ2n) is 8.49. The highest BCUT2D eigenvalue weighted by Crippen LogP contribution is 2.22. The van der Waals surface area contributed by atoms with Gasteiger partial charge in [-0.15, -0.1) is 0 Å². The Bertz CT molecular complexity index is 956. The maximum Gasteiger partial charge on any atom is 0.251 e. The number of morpholine rings is 1. The van der Waals surface area contributed by atoms with E-state index < -0.39 is 10.0 Å². The summed E-state index contributed by atoms with van der Waals surface area (Å²) in [5, 5.41) is 2.92. The van der Waals surface area contributed by atoms with E-state index in [0.717, 1.165) is 5.56 Å². The zero-order valence-corrected chi connectivity index (χ0v) is 18.7. The van der Waals surface area contributed by atoms with Crippen LogP contribution in [0.5, 0.6) is 0 Å². The third-order valence-corrected chi connectivity index (χ3v) is 7.16. The average molecular weight is 431 g/mol. The summed E-state index contributed by atoms with van der Waals surface area (Å²) in [6.45, 7) is 8.51. The highest BCUT2D eigenvalue weighted by Gasteiger charge is 2.26. The van der Waals surface area contributed by atoms with Crippen LogP contribution in [-0.4, -0.2) is 51.5 Å². The minimum atomic E-state index is -3.48. The normalized spacial score (nSPS) is 15.7. The number of rotatable bonds is 6. The molecule has 1 fully saturated rings. The van der Waals surface area contributed by atoms with Crippen molar-refractivity contribution in [2.45, 2.75) is 37.5 Å². The van der Waals surface area contributed by atoms with Crippen molar-refractivity contribution in [3.8, 4) is 0 Å². The lowest BCUT2D eigenvalue weighted by Crippen LogP contribution is -2.40. The summed E-state index contributed by atoms with van der Waals surface area (Å²) in [5.41, 5.74) is 2.84. The first-order valence-corrected chi connectivity index (χ1v) is 11.7. The summed E-state index contributed by atoms with van der Waals surface area (Å²) >= 11 is 0. The predicted octanol–water partition coefficient (Wildman–Crippen LogP) is 2.98. The molecule has 2 aromatic rings. The van der Waals surface area contributed by atoms with Gasteiger partial charge in [0, 0.05) is 25.2 Å². The van der Waals surface area contributed by atoms with Gasteiger partial charge in [0.25, 0.3) is 5.91 Å². The largest absolute Gasteiger partial charge is 0.379 e. The summed E-state index contributed by atoms with van der Waals surface area (Å²) in [5.74, 6) is -0.109. The standard InChI is InChI=1S/C23H30N2O4S/c1-23(2,3)20-8-6-19(7-9-20)22(26)24-13-12-18-4-10-21(11-5-18)30(27,28)25-14-16-29-17-15-25/h4-11H,12-17H2,1-3H3,(H,24,26). The molecule has 7 heteroatoms. The molecular weight excluding hydrogens is 400 g/mol. The molecule has 1 saturated heterocycles. The van der Waals surface area contributed by atoms with Crippen LogP contribution in [0.4, 0.5) is 0 Å². The molecule has 0 unspecified atom stereocenters. The van der Waals surface area contributed by atoms with Crippen LogP contribution in [-0.2, 0) is 26.6 Å². The zero-order chi connectivity index (χ0) is 21.8. The first-order chi connectivity index (χ1) is 14.2. The van der Waals surface area contributed by atoms with Gasteiger partial charge in [0.2, 0.25) is 10.0 Å². The summed E-state index contributed by atoms with van der Waals surface area (Å²) in [6.07, 6.45) is 0.629. The number of benzene rings is 2. The Hall–Kier alpha value is -2.22. The number of amides is 1. The van der Waals surface area contributed by atoms with Crippen molar-refractivity contribution < 1.29 is 17.9 Å². The van der Waals surface area contributed by atoms with Gasteiger partial charge in [0.15, 0.2) is 0 Å². The van der Waals surface area contributed by atoms with Crippen LogP contribution in [0.25, 0.3) is 0 Å². The molecule has 162 valence electrons. The molecule has 1 heterocycles. The summed E-state index contributed by atoms with van der Waals surface area (Å²) in [6, 6.07) is 14.5. The molecule has 0 atom stereocenters. The van der Waals surface area contributed by atoms with E-state index in [1.807, 2.05) is 24.3 Å². The number of ether oxygens (including phenoxy) is 1. The average Bonchev–Trinajstić information content (AvgIpc) is 2.74. The van der Waals surface area contributed by atoms with E-state index in [1.54, 1.807) is 24.3 Å². The quantitative estimate of drug-likeness (QED) is 0.765. The van der Waals surface area contributed by atoms with Gasteiger partial charge in [0.1, 0.15) is 0 Å². The van der Waals surface area contributed by atoms with Crippen molar-refractivity contribution >= 4 is 15.9 Å². The van der Waals surface area contributed by atoms with E-state index in [2.05, 4.69) is 26.1 Å². The number of hydrogen-bond donors (Lipinski definition) is 1. The molecule has 0 bridgehead atoms. The van der Waals surface area contributed by atoms with Gasteiger partial charge >= 0.3 is 0 Å². The fraction of sp³-hybridized carbons (Fsp3) is 0.435. The monoisotopic (exact) mass is 430 g/mol. The SMILES string of the molecule is CC(C)(C)c1ccc(C(=O)NCCc2ccc(S(=O)(=O)N3CCOCC3)cc2)cc1. The van der Waals surface area contributed by atoms with Gasteiger partial charge in [-0.2, -0.15) is 4.31 Å². The van der Waals surface area contributed by atoms with Gasteiger partial charge in [-0.1, -0.05) is 45.0 Å². The Kier molecular flexibility index (Phi) is 6.95. The highest BCUT2D eigenvalue weighted by molar-refractivity contribution is 7.89. The lowest BCUT2D eigenvalue weighted by molar-refractivity contribution is 0.0730. The molecule has 30 heavy (non-hydrogen) atoms. The Morgan fingerprint density at radius 2 is 1.60 bits per heavy atom. The predicted molar refractivity (Wildman–Crippen MR) is 117 cm³/mol. The molecule has 6 nitrogen and oxygen atoms in total. The first-order valence-electron chi connectivity index (χ1n) is 10.2. The van der Waals surface area contributed by atoms with Crippen LogP contribution in [0.2, 0.25) is 0 Å². The fourth-order valence-electron chi connectivity index (χ4n) is 3.31. The molecule has 1 aliphatic rings. The van der Waals surface area contributed by atoms with Crippen LogP contribution in [0.15, 0.2) is 53.4 Å². The van der Waals surface area contributed by atoms with Crippen LogP contribution in [0, 0.1) is 0 Å². The van der Waals surface area contributed by atoms with Crippen molar-refractivity contribution in [3.63, 3.8) is 0 Å². The number of nitrogens with zero attached hydrogens (tertiary/aromatic N) is 1. The molecule has 3 rings (SSSR count). The molecule has 1 aliphatic heterocycles. The molecule has 1 N–H and O–H groups in total. The van der Waals surface area contributed by atoms with E-state index in [-0.39, 0.29) is 16.2 Å². The number of sulfonamides is 1. The number of carbonyl (C=O) groups excluding carboxylic acids is 1. The highest BCUT2D eigenvalue weighted by atomic mass is 32.2. The van der Waals surface area contributed by atoms with Crippen LogP contribution >= 0.6 is 0 Å². The molecular formula is C23H30N2O4S. The van der Waals surface area contributed by atoms with Crippen LogP contribution < -0.4 is 5.32 Å². The lowest BCUT2D eigenvalue weighted by Gasteiger charge is -2.26. The van der Waals surface area contributed by atoms with E-state index >= 15 is 0 Å². The van der Waals surface area contributed by atoms with Gasteiger partial charge < -0.3 is 10.1 Å². The maximum atomic E-state index is 12.7. The van der Waals surface area contributed by atoms with Gasteiger partial charge in [-0.05, 0) is 47.2 Å². The van der Waals surface area contributed by atoms with Crippen LogP contribution in [0.3, 0.4) is 0 Å². The van der Waals surface area contributed by atoms with E-state index in [0.29, 0.717) is 44.8 Å². The Morgan fingerprint density at radius 3 is 2.17 bits per heavy atom. The second-order valence-corrected chi connectivity index (χ2v) is 10.4. The molecule has 2 aromatic carbocycles. The minimum Gasteiger partial charge on any atom is -0.379 e. The molecule has 0 radical (unpaired) electrons. The van der Waals surface area contributed by atoms with Gasteiger partial charge in [-0.25, -0.2) is 8.42 Å². The van der Waals surface area contributed by atoms with Crippen molar-refractivity contribution in [2.75, 3.05) is 32.8 Å². The zero-order valence-electron chi connectivity index (χ0n) is 17.8. The Labute approximate surface area is 179 Å². The maximum absolute atomic E-state index is 12.7. The molecule has 0 aliphatic carbocycles. The number of nitrogens with one attached hydrogen (secondary N) is 1. The molecule has 0 saturated carbocycles. The Morgan fingerprint density at radius 1 is 1.00 bits per heavy atom. The second kappa shape index (κ2) is 9.29. The smallest absolute Gasteiger partial charge is 0.251 e. The van der Waals surface area contributed by atoms with E-state index in [9.17, 15) is 13.2 Å². The summed E-state index contributed by atoms with van der Waals surface area (Å²) in [4.78, 5) is 12.6. The summed E-state index contributed by atoms with van der Waals surface area (Å²) < 4.78 is 32.0. The first kappa shape index (κ1) is 22.5. The van der Waals surface area contributed by atoms with Crippen molar-refractivity contribution in [1.82, 2.24) is 9.62 Å². The lowest BCUT2D eigenvalue weighted by atomic mass is 9.87. The molecule has 0 aromatic heterocycles. The van der Waals surface area contributed by atoms with Crippen LogP contribution in [0.1, 0.15) is 42.3 Å². The molecule has 0 spiro atoms. The fourth-order valence-corrected chi connectivity index (χ4v) is 4.72. The van der Waals surface area contributed by atoms with Gasteiger partial charge in [0.05, 0.1) is 18.1 Å². The van der Waals surface area contributed by atoms with E-state index in [4.69, 9.17) is 4.74 Å². The van der Waals surface area contributed by atoms with Crippen molar-refractivity contribution in [1.29, 1.82) is 0 Å². The van der Waals surface area contributed by atoms with Crippen molar-refractivity contribution in [3.05, 3.63) is 65.2 Å².